The van der Waals surface area contributed by atoms with Crippen LogP contribution in [0.3, 0.4) is 0 Å². The smallest absolute Gasteiger partial charge is 0.295 e. The van der Waals surface area contributed by atoms with Crippen LogP contribution < -0.4 is 19.8 Å². The molecule has 188 valence electrons. The highest BCUT2D eigenvalue weighted by Gasteiger charge is 2.43. The molecule has 1 aliphatic rings. The quantitative estimate of drug-likeness (QED) is 0.223. The fraction of sp³-hybridized carbons (Fsp3) is 0.0968. The van der Waals surface area contributed by atoms with E-state index >= 15 is 0 Å². The van der Waals surface area contributed by atoms with Crippen molar-refractivity contribution in [3.05, 3.63) is 134 Å². The first-order valence-corrected chi connectivity index (χ1v) is 12.8. The number of benzene rings is 4. The predicted molar refractivity (Wildman–Crippen MR) is 149 cm³/mol. The number of methoxy groups -OCH3 is 1. The molecule has 38 heavy (non-hydrogen) atoms. The zero-order valence-corrected chi connectivity index (χ0v) is 22.0. The third kappa shape index (κ3) is 4.15. The fourth-order valence-electron chi connectivity index (χ4n) is 4.82. The second-order valence-corrected chi connectivity index (χ2v) is 9.83. The molecule has 6 nitrogen and oxygen atoms in total. The summed E-state index contributed by atoms with van der Waals surface area (Å²) in [5.74, 6) is 0.731. The summed E-state index contributed by atoms with van der Waals surface area (Å²) in [6, 6.07) is 29.1. The Morgan fingerprint density at radius 2 is 1.61 bits per heavy atom. The summed E-state index contributed by atoms with van der Waals surface area (Å²) in [5, 5.41) is 0.403. The van der Waals surface area contributed by atoms with Crippen molar-refractivity contribution < 1.29 is 18.7 Å². The average Bonchev–Trinajstić information content (AvgIpc) is 3.25. The molecule has 0 bridgehead atoms. The van der Waals surface area contributed by atoms with Gasteiger partial charge in [-0.2, -0.15) is 0 Å². The minimum Gasteiger partial charge on any atom is -0.493 e. The Bertz CT molecular complexity index is 1720. The van der Waals surface area contributed by atoms with Crippen molar-refractivity contribution in [2.75, 3.05) is 12.0 Å². The molecule has 0 saturated heterocycles. The number of halogens is 1. The SMILES string of the molecule is COc1cc(C2c3c(oc4ccc(Br)cc4c3=O)C(=O)N2c2ccccc2)ccc1OCc1ccccc1. The summed E-state index contributed by atoms with van der Waals surface area (Å²) >= 11 is 3.44. The number of nitrogens with zero attached hydrogens (tertiary/aromatic N) is 1. The fourth-order valence-corrected chi connectivity index (χ4v) is 5.19. The molecular formula is C31H22BrNO5. The van der Waals surface area contributed by atoms with Crippen LogP contribution in [0.4, 0.5) is 5.69 Å². The zero-order chi connectivity index (χ0) is 26.2. The first kappa shape index (κ1) is 24.0. The number of amides is 1. The number of hydrogen-bond donors (Lipinski definition) is 0. The van der Waals surface area contributed by atoms with Gasteiger partial charge in [0, 0.05) is 10.2 Å². The van der Waals surface area contributed by atoms with E-state index in [0.717, 1.165) is 10.0 Å². The van der Waals surface area contributed by atoms with Gasteiger partial charge in [-0.1, -0.05) is 70.5 Å². The Morgan fingerprint density at radius 1 is 0.868 bits per heavy atom. The number of hydrogen-bond acceptors (Lipinski definition) is 5. The molecule has 7 heteroatoms. The van der Waals surface area contributed by atoms with E-state index in [1.165, 1.54) is 0 Å². The van der Waals surface area contributed by atoms with Crippen LogP contribution in [-0.2, 0) is 6.61 Å². The lowest BCUT2D eigenvalue weighted by Crippen LogP contribution is -2.29. The third-order valence-electron chi connectivity index (χ3n) is 6.61. The normalized spacial score (nSPS) is 14.5. The van der Waals surface area contributed by atoms with Gasteiger partial charge >= 0.3 is 0 Å². The van der Waals surface area contributed by atoms with Crippen LogP contribution in [0.2, 0.25) is 0 Å². The van der Waals surface area contributed by atoms with Gasteiger partial charge in [-0.15, -0.1) is 0 Å². The number of ether oxygens (including phenoxy) is 2. The van der Waals surface area contributed by atoms with Gasteiger partial charge < -0.3 is 13.9 Å². The van der Waals surface area contributed by atoms with Crippen molar-refractivity contribution >= 4 is 38.5 Å². The molecule has 0 fully saturated rings. The third-order valence-corrected chi connectivity index (χ3v) is 7.10. The molecule has 6 rings (SSSR count). The van der Waals surface area contributed by atoms with Crippen molar-refractivity contribution in [3.8, 4) is 11.5 Å². The Morgan fingerprint density at radius 3 is 2.34 bits per heavy atom. The van der Waals surface area contributed by atoms with Crippen molar-refractivity contribution in [2.45, 2.75) is 12.6 Å². The summed E-state index contributed by atoms with van der Waals surface area (Å²) in [6.45, 7) is 0.377. The first-order chi connectivity index (χ1) is 18.5. The van der Waals surface area contributed by atoms with Gasteiger partial charge in [-0.3, -0.25) is 14.5 Å². The van der Waals surface area contributed by atoms with E-state index in [1.54, 1.807) is 30.2 Å². The summed E-state index contributed by atoms with van der Waals surface area (Å²) in [4.78, 5) is 29.2. The van der Waals surface area contributed by atoms with Crippen LogP contribution in [0, 0.1) is 0 Å². The number of carbonyl (C=O) groups is 1. The molecule has 2 heterocycles. The number of anilines is 1. The molecule has 1 aromatic heterocycles. The highest BCUT2D eigenvalue weighted by Crippen LogP contribution is 2.43. The van der Waals surface area contributed by atoms with Crippen molar-refractivity contribution in [3.63, 3.8) is 0 Å². The first-order valence-electron chi connectivity index (χ1n) is 12.0. The number of carbonyl (C=O) groups excluding carboxylic acids is 1. The zero-order valence-electron chi connectivity index (χ0n) is 20.4. The largest absolute Gasteiger partial charge is 0.493 e. The lowest BCUT2D eigenvalue weighted by Gasteiger charge is -2.26. The highest BCUT2D eigenvalue weighted by atomic mass is 79.9. The van der Waals surface area contributed by atoms with Crippen molar-refractivity contribution in [1.29, 1.82) is 0 Å². The molecule has 0 radical (unpaired) electrons. The Balaban J connectivity index is 1.49. The number of rotatable bonds is 6. The van der Waals surface area contributed by atoms with E-state index in [4.69, 9.17) is 13.9 Å². The maximum absolute atomic E-state index is 13.8. The predicted octanol–water partition coefficient (Wildman–Crippen LogP) is 6.89. The van der Waals surface area contributed by atoms with Gasteiger partial charge in [0.1, 0.15) is 12.2 Å². The van der Waals surface area contributed by atoms with Gasteiger partial charge in [0.25, 0.3) is 5.91 Å². The molecule has 0 spiro atoms. The molecule has 1 atom stereocenters. The lowest BCUT2D eigenvalue weighted by molar-refractivity contribution is 0.0971. The Labute approximate surface area is 227 Å². The standard InChI is InChI=1S/C31H22BrNO5/c1-36-26-16-20(12-14-25(26)37-18-19-8-4-2-5-9-19)28-27-29(34)23-17-21(32)13-15-24(23)38-30(27)31(35)33(28)22-10-6-3-7-11-22/h2-17,28H,18H2,1H3. The minimum absolute atomic E-state index is 0.0436. The van der Waals surface area contributed by atoms with Crippen molar-refractivity contribution in [2.24, 2.45) is 0 Å². The van der Waals surface area contributed by atoms with Crippen molar-refractivity contribution in [1.82, 2.24) is 0 Å². The second-order valence-electron chi connectivity index (χ2n) is 8.91. The average molecular weight is 568 g/mol. The molecule has 5 aromatic rings. The van der Waals surface area contributed by atoms with E-state index in [-0.39, 0.29) is 17.1 Å². The van der Waals surface area contributed by atoms with Gasteiger partial charge in [0.15, 0.2) is 16.9 Å². The van der Waals surface area contributed by atoms with Gasteiger partial charge in [-0.05, 0) is 53.6 Å². The van der Waals surface area contributed by atoms with Crippen LogP contribution >= 0.6 is 15.9 Å². The van der Waals surface area contributed by atoms with Crippen LogP contribution in [0.1, 0.15) is 33.3 Å². The van der Waals surface area contributed by atoms with Crippen LogP contribution in [0.5, 0.6) is 11.5 Å². The summed E-state index contributed by atoms with van der Waals surface area (Å²) in [6.07, 6.45) is 0. The number of fused-ring (bicyclic) bond motifs is 2. The molecule has 1 aliphatic heterocycles. The molecule has 0 aliphatic carbocycles. The van der Waals surface area contributed by atoms with Gasteiger partial charge in [0.05, 0.1) is 24.1 Å². The highest BCUT2D eigenvalue weighted by molar-refractivity contribution is 9.10. The van der Waals surface area contributed by atoms with Gasteiger partial charge in [0.2, 0.25) is 5.76 Å². The Kier molecular flexibility index (Phi) is 6.21. The maximum Gasteiger partial charge on any atom is 0.295 e. The summed E-state index contributed by atoms with van der Waals surface area (Å²) in [5.41, 5.74) is 2.79. The van der Waals surface area contributed by atoms with Crippen LogP contribution in [0.15, 0.2) is 111 Å². The summed E-state index contributed by atoms with van der Waals surface area (Å²) in [7, 11) is 1.57. The monoisotopic (exact) mass is 567 g/mol. The molecule has 1 unspecified atom stereocenters. The lowest BCUT2D eigenvalue weighted by atomic mass is 9.97. The van der Waals surface area contributed by atoms with E-state index in [2.05, 4.69) is 15.9 Å². The number of para-hydroxylation sites is 1. The van der Waals surface area contributed by atoms with Gasteiger partial charge in [-0.25, -0.2) is 0 Å². The van der Waals surface area contributed by atoms with Crippen LogP contribution in [0.25, 0.3) is 11.0 Å². The van der Waals surface area contributed by atoms with E-state index in [9.17, 15) is 9.59 Å². The topological polar surface area (TPSA) is 69.0 Å². The minimum atomic E-state index is -0.711. The molecule has 0 N–H and O–H groups in total. The van der Waals surface area contributed by atoms with E-state index in [1.807, 2.05) is 78.9 Å². The van der Waals surface area contributed by atoms with E-state index < -0.39 is 6.04 Å². The Hall–Kier alpha value is -4.36. The van der Waals surface area contributed by atoms with E-state index in [0.29, 0.717) is 45.9 Å². The molecular weight excluding hydrogens is 546 g/mol. The second kappa shape index (κ2) is 9.84. The summed E-state index contributed by atoms with van der Waals surface area (Å²) < 4.78 is 18.5. The molecule has 1 amide bonds. The molecule has 4 aromatic carbocycles. The molecule has 0 saturated carbocycles. The van der Waals surface area contributed by atoms with Crippen LogP contribution in [-0.4, -0.2) is 13.0 Å². The maximum atomic E-state index is 13.8.